The lowest BCUT2D eigenvalue weighted by Crippen LogP contribution is -2.16. The number of sulfonamides is 1. The number of hydrogen-bond donors (Lipinski definition) is 1. The first-order valence-electron chi connectivity index (χ1n) is 8.27. The van der Waals surface area contributed by atoms with E-state index in [-0.39, 0.29) is 5.69 Å². The van der Waals surface area contributed by atoms with Crippen molar-refractivity contribution in [2.24, 2.45) is 0 Å². The molecule has 5 nitrogen and oxygen atoms in total. The molecule has 0 saturated carbocycles. The maximum absolute atomic E-state index is 12.8. The second kappa shape index (κ2) is 7.56. The minimum absolute atomic E-state index is 0.234. The van der Waals surface area contributed by atoms with Gasteiger partial charge in [-0.3, -0.25) is 9.71 Å². The molecule has 2 aromatic carbocycles. The zero-order chi connectivity index (χ0) is 21.2. The molecule has 0 aliphatic rings. The number of nitrogens with zero attached hydrogens (tertiary/aromatic N) is 2. The summed E-state index contributed by atoms with van der Waals surface area (Å²) in [6.07, 6.45) is -3.95. The van der Waals surface area contributed by atoms with Gasteiger partial charge in [-0.2, -0.15) is 18.4 Å². The summed E-state index contributed by atoms with van der Waals surface area (Å²) in [6.45, 7) is 1.67. The highest BCUT2D eigenvalue weighted by molar-refractivity contribution is 7.92. The van der Waals surface area contributed by atoms with Gasteiger partial charge in [0.2, 0.25) is 0 Å². The van der Waals surface area contributed by atoms with Crippen LogP contribution < -0.4 is 4.72 Å². The number of halogens is 3. The standard InChI is InChI=1S/C20H14F3N3O2S/c1-13-2-5-16(15-6-3-14(12-24)4-7-15)10-18(13)26-29(27,28)17-8-9-25-19(11-17)20(21,22)23/h2-11,26H,1H3. The Labute approximate surface area is 165 Å². The van der Waals surface area contributed by atoms with Gasteiger partial charge in [0, 0.05) is 6.20 Å². The molecular formula is C20H14F3N3O2S. The number of rotatable bonds is 4. The fourth-order valence-corrected chi connectivity index (χ4v) is 3.72. The smallest absolute Gasteiger partial charge is 0.279 e. The zero-order valence-electron chi connectivity index (χ0n) is 15.0. The summed E-state index contributed by atoms with van der Waals surface area (Å²) in [5.41, 5.74) is 1.47. The van der Waals surface area contributed by atoms with Gasteiger partial charge in [-0.25, -0.2) is 8.42 Å². The van der Waals surface area contributed by atoms with Crippen LogP contribution in [0.5, 0.6) is 0 Å². The maximum atomic E-state index is 12.8. The number of hydrogen-bond acceptors (Lipinski definition) is 4. The van der Waals surface area contributed by atoms with Crippen molar-refractivity contribution in [2.75, 3.05) is 4.72 Å². The largest absolute Gasteiger partial charge is 0.433 e. The Bertz CT molecular complexity index is 1200. The third-order valence-electron chi connectivity index (χ3n) is 4.16. The molecule has 9 heteroatoms. The SMILES string of the molecule is Cc1ccc(-c2ccc(C#N)cc2)cc1NS(=O)(=O)c1ccnc(C(F)(F)F)c1. The van der Waals surface area contributed by atoms with Gasteiger partial charge >= 0.3 is 6.18 Å². The summed E-state index contributed by atoms with van der Waals surface area (Å²) in [5, 5.41) is 8.88. The van der Waals surface area contributed by atoms with Gasteiger partial charge in [-0.05, 0) is 53.9 Å². The molecule has 1 N–H and O–H groups in total. The minimum atomic E-state index is -4.75. The molecule has 0 fully saturated rings. The van der Waals surface area contributed by atoms with E-state index < -0.39 is 26.8 Å². The van der Waals surface area contributed by atoms with Gasteiger partial charge in [-0.1, -0.05) is 24.3 Å². The highest BCUT2D eigenvalue weighted by Crippen LogP contribution is 2.30. The van der Waals surface area contributed by atoms with Gasteiger partial charge in [0.25, 0.3) is 10.0 Å². The van der Waals surface area contributed by atoms with Crippen LogP contribution in [0.3, 0.4) is 0 Å². The van der Waals surface area contributed by atoms with Crippen molar-refractivity contribution in [3.05, 3.63) is 77.6 Å². The molecule has 148 valence electrons. The number of alkyl halides is 3. The van der Waals surface area contributed by atoms with Gasteiger partial charge in [-0.15, -0.1) is 0 Å². The fraction of sp³-hybridized carbons (Fsp3) is 0.100. The zero-order valence-corrected chi connectivity index (χ0v) is 15.8. The predicted molar refractivity (Wildman–Crippen MR) is 101 cm³/mol. The molecule has 29 heavy (non-hydrogen) atoms. The summed E-state index contributed by atoms with van der Waals surface area (Å²) in [5.74, 6) is 0. The topological polar surface area (TPSA) is 82.9 Å². The number of benzene rings is 2. The van der Waals surface area contributed by atoms with E-state index in [1.807, 2.05) is 6.07 Å². The normalized spacial score (nSPS) is 11.7. The monoisotopic (exact) mass is 417 g/mol. The second-order valence-corrected chi connectivity index (χ2v) is 7.88. The maximum Gasteiger partial charge on any atom is 0.433 e. The predicted octanol–water partition coefficient (Wildman–Crippen LogP) is 4.75. The van der Waals surface area contributed by atoms with E-state index in [9.17, 15) is 21.6 Å². The van der Waals surface area contributed by atoms with E-state index in [0.29, 0.717) is 22.8 Å². The summed E-state index contributed by atoms with van der Waals surface area (Å²) in [4.78, 5) is 2.64. The molecule has 0 bridgehead atoms. The van der Waals surface area contributed by atoms with Crippen molar-refractivity contribution in [1.82, 2.24) is 4.98 Å². The van der Waals surface area contributed by atoms with Crippen LogP contribution in [0.15, 0.2) is 65.7 Å². The van der Waals surface area contributed by atoms with E-state index >= 15 is 0 Å². The van der Waals surface area contributed by atoms with Crippen molar-refractivity contribution < 1.29 is 21.6 Å². The number of nitriles is 1. The lowest BCUT2D eigenvalue weighted by molar-refractivity contribution is -0.141. The van der Waals surface area contributed by atoms with Crippen molar-refractivity contribution in [3.63, 3.8) is 0 Å². The number of anilines is 1. The highest BCUT2D eigenvalue weighted by Gasteiger charge is 2.33. The molecule has 0 radical (unpaired) electrons. The van der Waals surface area contributed by atoms with Crippen LogP contribution in [0.4, 0.5) is 18.9 Å². The molecule has 3 rings (SSSR count). The summed E-state index contributed by atoms with van der Waals surface area (Å²) in [7, 11) is -4.26. The fourth-order valence-electron chi connectivity index (χ4n) is 2.59. The van der Waals surface area contributed by atoms with Gasteiger partial charge < -0.3 is 0 Å². The van der Waals surface area contributed by atoms with Crippen LogP contribution in [0.2, 0.25) is 0 Å². The summed E-state index contributed by atoms with van der Waals surface area (Å²) < 4.78 is 66.1. The molecule has 1 aromatic heterocycles. The Morgan fingerprint density at radius 3 is 2.28 bits per heavy atom. The molecule has 0 spiro atoms. The third kappa shape index (κ3) is 4.55. The lowest BCUT2D eigenvalue weighted by atomic mass is 10.0. The van der Waals surface area contributed by atoms with Gasteiger partial charge in [0.1, 0.15) is 5.69 Å². The Hall–Kier alpha value is -3.38. The van der Waals surface area contributed by atoms with Crippen molar-refractivity contribution in [2.45, 2.75) is 18.0 Å². The Morgan fingerprint density at radius 2 is 1.66 bits per heavy atom. The second-order valence-electron chi connectivity index (χ2n) is 6.20. The molecule has 0 aliphatic carbocycles. The van der Waals surface area contributed by atoms with Crippen LogP contribution >= 0.6 is 0 Å². The minimum Gasteiger partial charge on any atom is -0.279 e. The molecule has 0 unspecified atom stereocenters. The lowest BCUT2D eigenvalue weighted by Gasteiger charge is -2.13. The van der Waals surface area contributed by atoms with Crippen LogP contribution in [-0.4, -0.2) is 13.4 Å². The van der Waals surface area contributed by atoms with Gasteiger partial charge in [0.15, 0.2) is 0 Å². The van der Waals surface area contributed by atoms with E-state index in [4.69, 9.17) is 5.26 Å². The van der Waals surface area contributed by atoms with Crippen LogP contribution in [0.25, 0.3) is 11.1 Å². The van der Waals surface area contributed by atoms with E-state index in [1.165, 1.54) is 0 Å². The van der Waals surface area contributed by atoms with Crippen LogP contribution in [0, 0.1) is 18.3 Å². The third-order valence-corrected chi connectivity index (χ3v) is 5.52. The molecule has 3 aromatic rings. The van der Waals surface area contributed by atoms with Crippen molar-refractivity contribution in [3.8, 4) is 17.2 Å². The summed E-state index contributed by atoms with van der Waals surface area (Å²) >= 11 is 0. The van der Waals surface area contributed by atoms with E-state index in [1.54, 1.807) is 49.4 Å². The first-order valence-corrected chi connectivity index (χ1v) is 9.76. The highest BCUT2D eigenvalue weighted by atomic mass is 32.2. The molecule has 1 heterocycles. The number of pyridine rings is 1. The Morgan fingerprint density at radius 1 is 1.00 bits per heavy atom. The van der Waals surface area contributed by atoms with Crippen LogP contribution in [-0.2, 0) is 16.2 Å². The number of aryl methyl sites for hydroxylation is 1. The molecule has 0 atom stereocenters. The molecule has 0 saturated heterocycles. The molecule has 0 amide bonds. The molecule has 0 aliphatic heterocycles. The van der Waals surface area contributed by atoms with E-state index in [2.05, 4.69) is 9.71 Å². The van der Waals surface area contributed by atoms with Crippen LogP contribution in [0.1, 0.15) is 16.8 Å². The first kappa shape index (κ1) is 20.4. The average molecular weight is 417 g/mol. The first-order chi connectivity index (χ1) is 13.6. The number of aromatic nitrogens is 1. The number of nitrogens with one attached hydrogen (secondary N) is 1. The van der Waals surface area contributed by atoms with E-state index in [0.717, 1.165) is 17.8 Å². The Kier molecular flexibility index (Phi) is 5.31. The van der Waals surface area contributed by atoms with Crippen molar-refractivity contribution in [1.29, 1.82) is 5.26 Å². The van der Waals surface area contributed by atoms with Gasteiger partial charge in [0.05, 0.1) is 22.2 Å². The van der Waals surface area contributed by atoms with Crippen molar-refractivity contribution >= 4 is 15.7 Å². The average Bonchev–Trinajstić information content (AvgIpc) is 2.69. The molecular weight excluding hydrogens is 403 g/mol. The summed E-state index contributed by atoms with van der Waals surface area (Å²) in [6, 6.07) is 15.3. The quantitative estimate of drug-likeness (QED) is 0.664. The Balaban J connectivity index is 1.96.